The van der Waals surface area contributed by atoms with Crippen molar-refractivity contribution in [3.05, 3.63) is 58.1 Å². The SMILES string of the molecule is Clc1ccc(Cc2cccnc2)c(Cl)n1. The van der Waals surface area contributed by atoms with E-state index in [0.29, 0.717) is 10.3 Å². The maximum absolute atomic E-state index is 5.96. The molecule has 0 spiro atoms. The van der Waals surface area contributed by atoms with E-state index in [0.717, 1.165) is 17.5 Å². The Morgan fingerprint density at radius 2 is 2.00 bits per heavy atom. The summed E-state index contributed by atoms with van der Waals surface area (Å²) in [6.07, 6.45) is 4.27. The van der Waals surface area contributed by atoms with Crippen LogP contribution in [0.2, 0.25) is 10.3 Å². The van der Waals surface area contributed by atoms with E-state index in [2.05, 4.69) is 9.97 Å². The molecule has 2 aromatic heterocycles. The highest BCUT2D eigenvalue weighted by molar-refractivity contribution is 6.32. The van der Waals surface area contributed by atoms with Crippen LogP contribution in [0.4, 0.5) is 0 Å². The summed E-state index contributed by atoms with van der Waals surface area (Å²) in [6.45, 7) is 0. The van der Waals surface area contributed by atoms with Crippen molar-refractivity contribution < 1.29 is 0 Å². The second kappa shape index (κ2) is 4.60. The monoisotopic (exact) mass is 238 g/mol. The molecule has 2 aromatic rings. The standard InChI is InChI=1S/C11H8Cl2N2/c12-10-4-3-9(11(13)15-10)6-8-2-1-5-14-7-8/h1-5,7H,6H2. The van der Waals surface area contributed by atoms with Crippen LogP contribution in [0.1, 0.15) is 11.1 Å². The molecule has 0 unspecified atom stereocenters. The Kier molecular flexibility index (Phi) is 3.19. The van der Waals surface area contributed by atoms with E-state index in [1.165, 1.54) is 0 Å². The Labute approximate surface area is 97.9 Å². The minimum atomic E-state index is 0.412. The van der Waals surface area contributed by atoms with Crippen LogP contribution in [0.3, 0.4) is 0 Å². The molecule has 0 aliphatic rings. The zero-order chi connectivity index (χ0) is 10.7. The van der Waals surface area contributed by atoms with Gasteiger partial charge in [0.05, 0.1) is 0 Å². The molecule has 0 atom stereocenters. The predicted molar refractivity (Wildman–Crippen MR) is 61.3 cm³/mol. The maximum atomic E-state index is 5.96. The van der Waals surface area contributed by atoms with Gasteiger partial charge in [-0.05, 0) is 23.3 Å². The fraction of sp³-hybridized carbons (Fsp3) is 0.0909. The second-order valence-corrected chi connectivity index (χ2v) is 3.87. The molecule has 15 heavy (non-hydrogen) atoms. The summed E-state index contributed by atoms with van der Waals surface area (Å²) < 4.78 is 0. The zero-order valence-corrected chi connectivity index (χ0v) is 9.33. The number of pyridine rings is 2. The molecule has 2 heterocycles. The second-order valence-electron chi connectivity index (χ2n) is 3.12. The highest BCUT2D eigenvalue weighted by Crippen LogP contribution is 2.19. The van der Waals surface area contributed by atoms with Gasteiger partial charge < -0.3 is 0 Å². The molecule has 0 amide bonds. The topological polar surface area (TPSA) is 25.8 Å². The van der Waals surface area contributed by atoms with Gasteiger partial charge in [0, 0.05) is 18.8 Å². The molecule has 0 N–H and O–H groups in total. The minimum absolute atomic E-state index is 0.412. The van der Waals surface area contributed by atoms with Gasteiger partial charge in [0.15, 0.2) is 0 Å². The van der Waals surface area contributed by atoms with Gasteiger partial charge >= 0.3 is 0 Å². The molecule has 0 aromatic carbocycles. The maximum Gasteiger partial charge on any atom is 0.134 e. The summed E-state index contributed by atoms with van der Waals surface area (Å²) in [5.41, 5.74) is 2.05. The van der Waals surface area contributed by atoms with Crippen molar-refractivity contribution in [2.45, 2.75) is 6.42 Å². The molecule has 76 valence electrons. The minimum Gasteiger partial charge on any atom is -0.264 e. The van der Waals surface area contributed by atoms with Crippen LogP contribution in [-0.2, 0) is 6.42 Å². The lowest BCUT2D eigenvalue weighted by Crippen LogP contribution is -1.92. The van der Waals surface area contributed by atoms with Crippen molar-refractivity contribution >= 4 is 23.2 Å². The van der Waals surface area contributed by atoms with Crippen molar-refractivity contribution in [2.24, 2.45) is 0 Å². The first kappa shape index (κ1) is 10.4. The molecule has 0 bridgehead atoms. The quantitative estimate of drug-likeness (QED) is 0.751. The highest BCUT2D eigenvalue weighted by Gasteiger charge is 2.03. The van der Waals surface area contributed by atoms with E-state index >= 15 is 0 Å². The van der Waals surface area contributed by atoms with E-state index in [9.17, 15) is 0 Å². The lowest BCUT2D eigenvalue weighted by Gasteiger charge is -2.03. The van der Waals surface area contributed by atoms with Gasteiger partial charge in [0.25, 0.3) is 0 Å². The molecule has 0 aliphatic carbocycles. The average Bonchev–Trinajstić information content (AvgIpc) is 2.24. The molecule has 0 fully saturated rings. The summed E-state index contributed by atoms with van der Waals surface area (Å²) in [7, 11) is 0. The summed E-state index contributed by atoms with van der Waals surface area (Å²) in [5.74, 6) is 0. The van der Waals surface area contributed by atoms with Crippen LogP contribution in [0.5, 0.6) is 0 Å². The number of rotatable bonds is 2. The van der Waals surface area contributed by atoms with Gasteiger partial charge in [-0.2, -0.15) is 0 Å². The number of hydrogen-bond acceptors (Lipinski definition) is 2. The fourth-order valence-electron chi connectivity index (χ4n) is 1.30. The van der Waals surface area contributed by atoms with Crippen LogP contribution >= 0.6 is 23.2 Å². The van der Waals surface area contributed by atoms with Crippen molar-refractivity contribution in [3.63, 3.8) is 0 Å². The molecule has 0 aliphatic heterocycles. The van der Waals surface area contributed by atoms with Gasteiger partial charge in [0.2, 0.25) is 0 Å². The zero-order valence-electron chi connectivity index (χ0n) is 7.82. The Balaban J connectivity index is 2.25. The van der Waals surface area contributed by atoms with Crippen molar-refractivity contribution in [3.8, 4) is 0 Å². The molecular formula is C11H8Cl2N2. The Bertz CT molecular complexity index is 457. The summed E-state index contributed by atoms with van der Waals surface area (Å²) >= 11 is 11.7. The van der Waals surface area contributed by atoms with Crippen LogP contribution in [0.15, 0.2) is 36.7 Å². The summed E-state index contributed by atoms with van der Waals surface area (Å²) in [6, 6.07) is 7.51. The van der Waals surface area contributed by atoms with E-state index in [1.54, 1.807) is 12.3 Å². The lowest BCUT2D eigenvalue weighted by molar-refractivity contribution is 1.12. The first-order chi connectivity index (χ1) is 7.25. The molecule has 0 saturated heterocycles. The van der Waals surface area contributed by atoms with Crippen LogP contribution in [-0.4, -0.2) is 9.97 Å². The Morgan fingerprint density at radius 1 is 1.13 bits per heavy atom. The highest BCUT2D eigenvalue weighted by atomic mass is 35.5. The van der Waals surface area contributed by atoms with Crippen molar-refractivity contribution in [2.75, 3.05) is 0 Å². The molecular weight excluding hydrogens is 231 g/mol. The smallest absolute Gasteiger partial charge is 0.134 e. The molecule has 2 rings (SSSR count). The summed E-state index contributed by atoms with van der Waals surface area (Å²) in [4.78, 5) is 8.02. The number of aromatic nitrogens is 2. The van der Waals surface area contributed by atoms with Gasteiger partial charge in [-0.1, -0.05) is 35.3 Å². The van der Waals surface area contributed by atoms with E-state index in [-0.39, 0.29) is 0 Å². The van der Waals surface area contributed by atoms with Crippen molar-refractivity contribution in [1.29, 1.82) is 0 Å². The third-order valence-corrected chi connectivity index (χ3v) is 2.55. The third-order valence-electron chi connectivity index (χ3n) is 2.01. The van der Waals surface area contributed by atoms with Crippen LogP contribution in [0, 0.1) is 0 Å². The number of hydrogen-bond donors (Lipinski definition) is 0. The predicted octanol–water partition coefficient (Wildman–Crippen LogP) is 3.37. The summed E-state index contributed by atoms with van der Waals surface area (Å²) in [5, 5.41) is 0.862. The van der Waals surface area contributed by atoms with E-state index in [1.807, 2.05) is 24.4 Å². The lowest BCUT2D eigenvalue weighted by atomic mass is 10.1. The van der Waals surface area contributed by atoms with Crippen molar-refractivity contribution in [1.82, 2.24) is 9.97 Å². The first-order valence-electron chi connectivity index (χ1n) is 4.45. The van der Waals surface area contributed by atoms with Gasteiger partial charge in [-0.25, -0.2) is 4.98 Å². The average molecular weight is 239 g/mol. The number of halogens is 2. The van der Waals surface area contributed by atoms with Gasteiger partial charge in [0.1, 0.15) is 10.3 Å². The fourth-order valence-corrected chi connectivity index (χ4v) is 1.71. The van der Waals surface area contributed by atoms with Crippen LogP contribution in [0.25, 0.3) is 0 Å². The molecule has 0 radical (unpaired) electrons. The third kappa shape index (κ3) is 2.67. The largest absolute Gasteiger partial charge is 0.264 e. The molecule has 2 nitrogen and oxygen atoms in total. The Hall–Kier alpha value is -1.12. The molecule has 4 heteroatoms. The van der Waals surface area contributed by atoms with E-state index in [4.69, 9.17) is 23.2 Å². The van der Waals surface area contributed by atoms with Gasteiger partial charge in [-0.3, -0.25) is 4.98 Å². The molecule has 0 saturated carbocycles. The Morgan fingerprint density at radius 3 is 2.67 bits per heavy atom. The van der Waals surface area contributed by atoms with E-state index < -0.39 is 0 Å². The van der Waals surface area contributed by atoms with Gasteiger partial charge in [-0.15, -0.1) is 0 Å². The number of nitrogens with zero attached hydrogens (tertiary/aromatic N) is 2. The first-order valence-corrected chi connectivity index (χ1v) is 5.21. The van der Waals surface area contributed by atoms with Crippen LogP contribution < -0.4 is 0 Å². The normalized spacial score (nSPS) is 10.3.